The number of hydrogen-bond acceptors (Lipinski definition) is 4. The number of ether oxygens (including phenoxy) is 1. The van der Waals surface area contributed by atoms with Crippen LogP contribution in [-0.4, -0.2) is 43.1 Å². The highest BCUT2D eigenvalue weighted by Crippen LogP contribution is 2.23. The summed E-state index contributed by atoms with van der Waals surface area (Å²) in [5.41, 5.74) is 0.940. The molecule has 1 atom stereocenters. The molecule has 3 nitrogen and oxygen atoms in total. The van der Waals surface area contributed by atoms with E-state index in [0.717, 1.165) is 15.6 Å². The Balaban J connectivity index is 2.50. The number of thiazole rings is 1. The Hall–Kier alpha value is -0.730. The van der Waals surface area contributed by atoms with Crippen molar-refractivity contribution in [3.8, 4) is 0 Å². The lowest BCUT2D eigenvalue weighted by molar-refractivity contribution is -0.167. The van der Waals surface area contributed by atoms with E-state index < -0.39 is 19.0 Å². The fraction of sp³-hybridized carbons (Fsp3) is 0.769. The smallest absolute Gasteiger partial charge is 0.330 e. The predicted octanol–water partition coefficient (Wildman–Crippen LogP) is 3.20. The number of nitrogens with zero attached hydrogens (tertiary/aromatic N) is 1. The van der Waals surface area contributed by atoms with Crippen LogP contribution in [0.5, 0.6) is 0 Å². The van der Waals surface area contributed by atoms with Crippen LogP contribution < -0.4 is 5.32 Å². The molecule has 0 fully saturated rings. The van der Waals surface area contributed by atoms with Gasteiger partial charge in [-0.15, -0.1) is 11.3 Å². The van der Waals surface area contributed by atoms with Crippen molar-refractivity contribution in [2.75, 3.05) is 19.8 Å². The minimum absolute atomic E-state index is 0.0617. The highest BCUT2D eigenvalue weighted by molar-refractivity contribution is 7.11. The molecule has 0 spiro atoms. The van der Waals surface area contributed by atoms with Crippen molar-refractivity contribution in [2.24, 2.45) is 0 Å². The number of hydrogen-bond donors (Lipinski definition) is 1. The van der Waals surface area contributed by atoms with E-state index in [4.69, 9.17) is 4.74 Å². The fourth-order valence-corrected chi connectivity index (χ4v) is 2.73. The van der Waals surface area contributed by atoms with E-state index in [9.17, 15) is 17.6 Å². The molecule has 1 aromatic rings. The van der Waals surface area contributed by atoms with Crippen LogP contribution in [0, 0.1) is 13.8 Å². The molecule has 8 heteroatoms. The molecule has 0 saturated carbocycles. The fourth-order valence-electron chi connectivity index (χ4n) is 1.72. The number of rotatable bonds is 9. The van der Waals surface area contributed by atoms with Gasteiger partial charge in [-0.05, 0) is 20.4 Å². The van der Waals surface area contributed by atoms with Crippen molar-refractivity contribution >= 4 is 11.3 Å². The van der Waals surface area contributed by atoms with E-state index in [2.05, 4.69) is 10.3 Å². The first kappa shape index (κ1) is 18.3. The summed E-state index contributed by atoms with van der Waals surface area (Å²) in [4.78, 5) is 5.47. The van der Waals surface area contributed by atoms with E-state index in [1.807, 2.05) is 20.8 Å². The van der Waals surface area contributed by atoms with Gasteiger partial charge < -0.3 is 10.1 Å². The second-order valence-corrected chi connectivity index (χ2v) is 6.07. The van der Waals surface area contributed by atoms with E-state index in [0.29, 0.717) is 13.0 Å². The number of aryl methyl sites for hydroxylation is 2. The molecule has 0 radical (unpaired) electrons. The Bertz CT molecular complexity index is 420. The van der Waals surface area contributed by atoms with Crippen molar-refractivity contribution in [3.63, 3.8) is 0 Å². The van der Waals surface area contributed by atoms with Gasteiger partial charge in [0.15, 0.2) is 0 Å². The molecule has 1 aromatic heterocycles. The van der Waals surface area contributed by atoms with Crippen LogP contribution >= 0.6 is 11.3 Å². The van der Waals surface area contributed by atoms with E-state index in [1.165, 1.54) is 11.3 Å². The minimum atomic E-state index is -4.11. The Morgan fingerprint density at radius 1 is 1.33 bits per heavy atom. The Labute approximate surface area is 125 Å². The van der Waals surface area contributed by atoms with E-state index >= 15 is 0 Å². The number of alkyl halides is 4. The first-order valence-electron chi connectivity index (χ1n) is 6.66. The Morgan fingerprint density at radius 3 is 2.48 bits per heavy atom. The van der Waals surface area contributed by atoms with E-state index in [-0.39, 0.29) is 12.6 Å². The summed E-state index contributed by atoms with van der Waals surface area (Å²) >= 11 is 1.54. The average Bonchev–Trinajstić information content (AvgIpc) is 2.68. The lowest BCUT2D eigenvalue weighted by atomic mass is 10.2. The number of likely N-dealkylation sites (N-methyl/N-ethyl adjacent to an activating group) is 1. The SMILES string of the molecule is CCNC(COCC(F)(F)C(F)F)Cc1nc(C)c(C)s1. The molecule has 0 aliphatic heterocycles. The highest BCUT2D eigenvalue weighted by atomic mass is 32.1. The van der Waals surface area contributed by atoms with Gasteiger partial charge in [0.25, 0.3) is 0 Å². The normalized spacial score (nSPS) is 13.9. The summed E-state index contributed by atoms with van der Waals surface area (Å²) in [7, 11) is 0. The first-order chi connectivity index (χ1) is 9.76. The number of halogens is 4. The van der Waals surface area contributed by atoms with Crippen LogP contribution in [0.3, 0.4) is 0 Å². The lowest BCUT2D eigenvalue weighted by Crippen LogP contribution is -2.38. The quantitative estimate of drug-likeness (QED) is 0.707. The summed E-state index contributed by atoms with van der Waals surface area (Å²) in [6, 6.07) is -0.228. The Morgan fingerprint density at radius 2 is 2.00 bits per heavy atom. The molecular formula is C13H20F4N2OS. The highest BCUT2D eigenvalue weighted by Gasteiger charge is 2.41. The third-order valence-electron chi connectivity index (χ3n) is 2.92. The van der Waals surface area contributed by atoms with Gasteiger partial charge in [-0.3, -0.25) is 0 Å². The number of aromatic nitrogens is 1. The molecule has 1 heterocycles. The standard InChI is InChI=1S/C13H20F4N2OS/c1-4-18-10(5-11-19-8(2)9(3)21-11)6-20-7-13(16,17)12(14)15/h10,12,18H,4-7H2,1-3H3. The summed E-state index contributed by atoms with van der Waals surface area (Å²) in [6.07, 6.45) is -3.19. The zero-order valence-corrected chi connectivity index (χ0v) is 13.1. The molecule has 1 unspecified atom stereocenters. The predicted molar refractivity (Wildman–Crippen MR) is 74.5 cm³/mol. The van der Waals surface area contributed by atoms with Crippen molar-refractivity contribution < 1.29 is 22.3 Å². The Kier molecular flexibility index (Phi) is 7.02. The van der Waals surface area contributed by atoms with Crippen molar-refractivity contribution in [3.05, 3.63) is 15.6 Å². The van der Waals surface area contributed by atoms with Crippen LogP contribution in [0.25, 0.3) is 0 Å². The van der Waals surface area contributed by atoms with Crippen LogP contribution in [0.1, 0.15) is 22.5 Å². The molecule has 0 aliphatic rings. The van der Waals surface area contributed by atoms with Gasteiger partial charge in [0.2, 0.25) is 0 Å². The third kappa shape index (κ3) is 5.88. The van der Waals surface area contributed by atoms with Gasteiger partial charge in [0.1, 0.15) is 6.61 Å². The van der Waals surface area contributed by atoms with Gasteiger partial charge in [0.05, 0.1) is 17.3 Å². The van der Waals surface area contributed by atoms with Crippen molar-refractivity contribution in [2.45, 2.75) is 45.6 Å². The average molecular weight is 328 g/mol. The van der Waals surface area contributed by atoms with Crippen LogP contribution in [0.4, 0.5) is 17.6 Å². The molecule has 0 aromatic carbocycles. The van der Waals surface area contributed by atoms with Crippen LogP contribution in [0.15, 0.2) is 0 Å². The van der Waals surface area contributed by atoms with Gasteiger partial charge in [-0.2, -0.15) is 8.78 Å². The summed E-state index contributed by atoms with van der Waals surface area (Å²) < 4.78 is 54.3. The summed E-state index contributed by atoms with van der Waals surface area (Å²) in [5.74, 6) is -4.11. The second kappa shape index (κ2) is 8.05. The maximum atomic E-state index is 12.8. The molecule has 0 bridgehead atoms. The molecular weight excluding hydrogens is 308 g/mol. The minimum Gasteiger partial charge on any atom is -0.373 e. The lowest BCUT2D eigenvalue weighted by Gasteiger charge is -2.20. The molecule has 1 N–H and O–H groups in total. The monoisotopic (exact) mass is 328 g/mol. The first-order valence-corrected chi connectivity index (χ1v) is 7.48. The van der Waals surface area contributed by atoms with Crippen molar-refractivity contribution in [1.29, 1.82) is 0 Å². The largest absolute Gasteiger partial charge is 0.373 e. The molecule has 1 rings (SSSR count). The molecule has 0 aliphatic carbocycles. The zero-order valence-electron chi connectivity index (χ0n) is 12.3. The third-order valence-corrected chi connectivity index (χ3v) is 4.01. The maximum Gasteiger partial charge on any atom is 0.330 e. The molecule has 122 valence electrons. The number of nitrogens with one attached hydrogen (secondary N) is 1. The summed E-state index contributed by atoms with van der Waals surface area (Å²) in [6.45, 7) is 5.02. The van der Waals surface area contributed by atoms with Crippen LogP contribution in [-0.2, 0) is 11.2 Å². The zero-order chi connectivity index (χ0) is 16.0. The van der Waals surface area contributed by atoms with Gasteiger partial charge in [-0.1, -0.05) is 6.92 Å². The second-order valence-electron chi connectivity index (χ2n) is 4.78. The van der Waals surface area contributed by atoms with Gasteiger partial charge >= 0.3 is 12.3 Å². The van der Waals surface area contributed by atoms with Crippen molar-refractivity contribution in [1.82, 2.24) is 10.3 Å². The topological polar surface area (TPSA) is 34.1 Å². The van der Waals surface area contributed by atoms with Gasteiger partial charge in [-0.25, -0.2) is 13.8 Å². The summed E-state index contributed by atoms with van der Waals surface area (Å²) in [5, 5.41) is 3.96. The molecule has 0 amide bonds. The van der Waals surface area contributed by atoms with Gasteiger partial charge in [0, 0.05) is 17.3 Å². The molecule has 0 saturated heterocycles. The van der Waals surface area contributed by atoms with E-state index in [1.54, 1.807) is 0 Å². The maximum absolute atomic E-state index is 12.8. The van der Waals surface area contributed by atoms with Crippen LogP contribution in [0.2, 0.25) is 0 Å². The molecule has 21 heavy (non-hydrogen) atoms.